The maximum Gasteiger partial charge on any atom is 0.251 e. The van der Waals surface area contributed by atoms with Crippen LogP contribution in [0.3, 0.4) is 0 Å². The van der Waals surface area contributed by atoms with Crippen molar-refractivity contribution in [3.8, 4) is 0 Å². The van der Waals surface area contributed by atoms with Crippen molar-refractivity contribution in [2.75, 3.05) is 44.7 Å². The van der Waals surface area contributed by atoms with Crippen molar-refractivity contribution in [1.29, 1.82) is 0 Å². The van der Waals surface area contributed by atoms with Gasteiger partial charge in [-0.05, 0) is 25.0 Å². The average molecular weight is 300 g/mol. The van der Waals surface area contributed by atoms with E-state index in [1.54, 1.807) is 0 Å². The molecule has 1 aliphatic carbocycles. The van der Waals surface area contributed by atoms with Crippen LogP contribution in [-0.2, 0) is 4.79 Å². The molecule has 0 aromatic heterocycles. The molecule has 0 unspecified atom stereocenters. The Kier molecular flexibility index (Phi) is 6.65. The van der Waals surface area contributed by atoms with Gasteiger partial charge in [0, 0.05) is 38.5 Å². The average Bonchev–Trinajstić information content (AvgIpc) is 2.53. The van der Waals surface area contributed by atoms with Crippen LogP contribution >= 0.6 is 11.8 Å². The summed E-state index contributed by atoms with van der Waals surface area (Å²) in [4.78, 5) is 16.7. The molecule has 1 N–H and O–H groups in total. The number of amides is 1. The molecule has 20 heavy (non-hydrogen) atoms. The predicted octanol–water partition coefficient (Wildman–Crippen LogP) is 1.43. The van der Waals surface area contributed by atoms with Crippen LogP contribution in [0.25, 0.3) is 0 Å². The molecule has 1 heterocycles. The number of carbonyl (C=O) groups excluding carboxylic acids is 1. The minimum Gasteiger partial charge on any atom is -0.383 e. The van der Waals surface area contributed by atoms with Gasteiger partial charge in [0.1, 0.15) is 6.10 Å². The summed E-state index contributed by atoms with van der Waals surface area (Å²) in [5.41, 5.74) is 0. The highest BCUT2D eigenvalue weighted by atomic mass is 32.2. The minimum absolute atomic E-state index is 0.0265. The van der Waals surface area contributed by atoms with Crippen LogP contribution in [0.2, 0.25) is 0 Å². The second-order valence-electron chi connectivity index (χ2n) is 6.00. The van der Waals surface area contributed by atoms with Crippen LogP contribution in [0.5, 0.6) is 0 Å². The molecule has 2 rings (SSSR count). The Morgan fingerprint density at radius 1 is 1.20 bits per heavy atom. The van der Waals surface area contributed by atoms with Gasteiger partial charge < -0.3 is 10.0 Å². The van der Waals surface area contributed by atoms with Crippen LogP contribution < -0.4 is 0 Å². The van der Waals surface area contributed by atoms with Crippen molar-refractivity contribution in [3.63, 3.8) is 0 Å². The lowest BCUT2D eigenvalue weighted by Crippen LogP contribution is -2.53. The van der Waals surface area contributed by atoms with E-state index in [0.29, 0.717) is 0 Å². The van der Waals surface area contributed by atoms with E-state index >= 15 is 0 Å². The standard InChI is InChI=1S/C15H28N2O2S/c1-20-12-11-16-7-9-17(10-8-16)15(19)14(18)13-5-3-2-4-6-13/h13-14,18H,2-12H2,1H3/t14-/m1/s1. The van der Waals surface area contributed by atoms with Crippen LogP contribution in [-0.4, -0.2) is 71.6 Å². The Balaban J connectivity index is 1.75. The summed E-state index contributed by atoms with van der Waals surface area (Å²) in [6.45, 7) is 4.55. The normalized spacial score (nSPS) is 23.8. The first-order valence-electron chi connectivity index (χ1n) is 7.90. The van der Waals surface area contributed by atoms with Crippen LogP contribution in [0, 0.1) is 5.92 Å². The molecule has 0 aromatic rings. The molecule has 1 atom stereocenters. The minimum atomic E-state index is -0.756. The summed E-state index contributed by atoms with van der Waals surface area (Å²) in [6, 6.07) is 0. The number of hydrogen-bond acceptors (Lipinski definition) is 4. The highest BCUT2D eigenvalue weighted by Crippen LogP contribution is 2.27. The quantitative estimate of drug-likeness (QED) is 0.834. The number of aliphatic hydroxyl groups excluding tert-OH is 1. The topological polar surface area (TPSA) is 43.8 Å². The van der Waals surface area contributed by atoms with E-state index in [2.05, 4.69) is 11.2 Å². The van der Waals surface area contributed by atoms with E-state index in [1.807, 2.05) is 16.7 Å². The van der Waals surface area contributed by atoms with Gasteiger partial charge in [0.05, 0.1) is 0 Å². The molecule has 2 fully saturated rings. The fourth-order valence-corrected chi connectivity index (χ4v) is 3.69. The van der Waals surface area contributed by atoms with Crippen molar-refractivity contribution >= 4 is 17.7 Å². The van der Waals surface area contributed by atoms with Crippen molar-refractivity contribution in [2.45, 2.75) is 38.2 Å². The van der Waals surface area contributed by atoms with Gasteiger partial charge >= 0.3 is 0 Å². The SMILES string of the molecule is CSCCN1CCN(C(=O)[C@H](O)C2CCCCC2)CC1. The molecule has 1 saturated heterocycles. The molecular weight excluding hydrogens is 272 g/mol. The fraction of sp³-hybridized carbons (Fsp3) is 0.933. The molecule has 0 radical (unpaired) electrons. The van der Waals surface area contributed by atoms with Gasteiger partial charge in [0.25, 0.3) is 5.91 Å². The van der Waals surface area contributed by atoms with E-state index in [9.17, 15) is 9.90 Å². The van der Waals surface area contributed by atoms with Crippen LogP contribution in [0.1, 0.15) is 32.1 Å². The van der Waals surface area contributed by atoms with E-state index < -0.39 is 6.10 Å². The van der Waals surface area contributed by atoms with Gasteiger partial charge in [-0.3, -0.25) is 9.69 Å². The van der Waals surface area contributed by atoms with E-state index in [0.717, 1.165) is 64.2 Å². The first-order chi connectivity index (χ1) is 9.72. The summed E-state index contributed by atoms with van der Waals surface area (Å²) in [7, 11) is 0. The van der Waals surface area contributed by atoms with Crippen molar-refractivity contribution in [3.05, 3.63) is 0 Å². The number of thioether (sulfide) groups is 1. The molecule has 1 saturated carbocycles. The zero-order valence-electron chi connectivity index (χ0n) is 12.6. The van der Waals surface area contributed by atoms with E-state index in [-0.39, 0.29) is 11.8 Å². The molecule has 0 spiro atoms. The summed E-state index contributed by atoms with van der Waals surface area (Å²) >= 11 is 1.86. The molecule has 1 aliphatic heterocycles. The maximum atomic E-state index is 12.4. The van der Waals surface area contributed by atoms with Gasteiger partial charge in [0.2, 0.25) is 0 Å². The lowest BCUT2D eigenvalue weighted by Gasteiger charge is -2.37. The number of carbonyl (C=O) groups is 1. The molecule has 0 aromatic carbocycles. The van der Waals surface area contributed by atoms with Gasteiger partial charge in [-0.15, -0.1) is 0 Å². The van der Waals surface area contributed by atoms with Gasteiger partial charge in [-0.25, -0.2) is 0 Å². The number of rotatable bonds is 5. The Labute approximate surface area is 126 Å². The third-order valence-electron chi connectivity index (χ3n) is 4.64. The smallest absolute Gasteiger partial charge is 0.251 e. The van der Waals surface area contributed by atoms with Crippen LogP contribution in [0.15, 0.2) is 0 Å². The third kappa shape index (κ3) is 4.37. The first kappa shape index (κ1) is 16.1. The lowest BCUT2D eigenvalue weighted by atomic mass is 9.85. The van der Waals surface area contributed by atoms with E-state index in [1.165, 1.54) is 6.42 Å². The zero-order valence-corrected chi connectivity index (χ0v) is 13.4. The number of nitrogens with zero attached hydrogens (tertiary/aromatic N) is 2. The Hall–Kier alpha value is -0.260. The summed E-state index contributed by atoms with van der Waals surface area (Å²) in [5, 5.41) is 10.3. The van der Waals surface area contributed by atoms with Crippen molar-refractivity contribution in [2.24, 2.45) is 5.92 Å². The second kappa shape index (κ2) is 8.25. The van der Waals surface area contributed by atoms with Crippen molar-refractivity contribution < 1.29 is 9.90 Å². The number of aliphatic hydroxyl groups is 1. The second-order valence-corrected chi connectivity index (χ2v) is 6.99. The zero-order chi connectivity index (χ0) is 14.4. The Morgan fingerprint density at radius 2 is 1.85 bits per heavy atom. The molecule has 5 heteroatoms. The first-order valence-corrected chi connectivity index (χ1v) is 9.30. The van der Waals surface area contributed by atoms with Crippen LogP contribution in [0.4, 0.5) is 0 Å². The molecule has 1 amide bonds. The number of hydrogen-bond donors (Lipinski definition) is 1. The Morgan fingerprint density at radius 3 is 2.45 bits per heavy atom. The van der Waals surface area contributed by atoms with Gasteiger partial charge in [0.15, 0.2) is 0 Å². The molecule has 116 valence electrons. The maximum absolute atomic E-state index is 12.4. The summed E-state index contributed by atoms with van der Waals surface area (Å²) < 4.78 is 0. The predicted molar refractivity (Wildman–Crippen MR) is 84.0 cm³/mol. The van der Waals surface area contributed by atoms with Crippen molar-refractivity contribution in [1.82, 2.24) is 9.80 Å². The summed E-state index contributed by atoms with van der Waals surface area (Å²) in [5.74, 6) is 1.32. The highest BCUT2D eigenvalue weighted by molar-refractivity contribution is 7.98. The third-order valence-corrected chi connectivity index (χ3v) is 5.24. The monoisotopic (exact) mass is 300 g/mol. The van der Waals surface area contributed by atoms with Gasteiger partial charge in [-0.2, -0.15) is 11.8 Å². The number of piperazine rings is 1. The van der Waals surface area contributed by atoms with E-state index in [4.69, 9.17) is 0 Å². The Bertz CT molecular complexity index is 300. The molecule has 0 bridgehead atoms. The van der Waals surface area contributed by atoms with Gasteiger partial charge in [-0.1, -0.05) is 19.3 Å². The summed E-state index contributed by atoms with van der Waals surface area (Å²) in [6.07, 6.45) is 6.98. The fourth-order valence-electron chi connectivity index (χ4n) is 3.25. The molecule has 2 aliphatic rings. The highest BCUT2D eigenvalue weighted by Gasteiger charge is 2.32. The molecule has 4 nitrogen and oxygen atoms in total. The molecular formula is C15H28N2O2S. The lowest BCUT2D eigenvalue weighted by molar-refractivity contribution is -0.145. The largest absolute Gasteiger partial charge is 0.383 e.